The zero-order chi connectivity index (χ0) is 36.1. The van der Waals surface area contributed by atoms with Crippen molar-refractivity contribution in [1.29, 1.82) is 0 Å². The zero-order valence-electron chi connectivity index (χ0n) is 29.3. The molecule has 0 bridgehead atoms. The number of hydrogen-bond acceptors (Lipinski definition) is 7. The van der Waals surface area contributed by atoms with Crippen molar-refractivity contribution in [3.05, 3.63) is 172 Å². The molecule has 0 radical (unpaired) electrons. The second-order valence-corrected chi connectivity index (χ2v) is 15.1. The van der Waals surface area contributed by atoms with Gasteiger partial charge >= 0.3 is 11.9 Å². The first kappa shape index (κ1) is 33.1. The molecule has 3 aliphatic rings. The summed E-state index contributed by atoms with van der Waals surface area (Å²) in [5.74, 6) is 1.99. The van der Waals surface area contributed by atoms with Gasteiger partial charge in [-0.15, -0.1) is 11.8 Å². The fourth-order valence-corrected chi connectivity index (χ4v) is 8.54. The van der Waals surface area contributed by atoms with Crippen LogP contribution < -0.4 is 18.9 Å². The molecule has 53 heavy (non-hydrogen) atoms. The Morgan fingerprint density at radius 2 is 0.906 bits per heavy atom. The Hall–Kier alpha value is -5.79. The molecule has 2 aliphatic heterocycles. The molecule has 0 saturated heterocycles. The summed E-state index contributed by atoms with van der Waals surface area (Å²) in [6.07, 6.45) is 0.820. The van der Waals surface area contributed by atoms with E-state index < -0.39 is 23.8 Å². The van der Waals surface area contributed by atoms with Crippen LogP contribution in [0.25, 0.3) is 0 Å². The lowest BCUT2D eigenvalue weighted by atomic mass is 9.51. The van der Waals surface area contributed by atoms with Gasteiger partial charge in [0.15, 0.2) is 0 Å². The standard InChI is InChI=1S/C46H36O6S/c1-27-3-7-31(8-4-27)26-53-36-19-11-30(12-20-36)23-29-9-15-33(16-10-29)50-35-18-22-38-40(25-35)52-46(48)44-42(38)41-37-21-17-34(24-39(37)51-45(47)43(41)44)49-32-13-5-28(2)6-14-32/h3-22,24-25,41-44H,23,26H2,1-2H3. The van der Waals surface area contributed by atoms with Crippen LogP contribution >= 0.6 is 11.8 Å². The first-order valence-electron chi connectivity index (χ1n) is 17.8. The van der Waals surface area contributed by atoms with E-state index in [4.69, 9.17) is 18.9 Å². The number of hydrogen-bond donors (Lipinski definition) is 0. The molecule has 0 spiro atoms. The highest BCUT2D eigenvalue weighted by Gasteiger charge is 2.64. The molecule has 0 N–H and O–H groups in total. The Kier molecular flexibility index (Phi) is 8.51. The van der Waals surface area contributed by atoms with Gasteiger partial charge in [-0.25, -0.2) is 0 Å². The van der Waals surface area contributed by atoms with Crippen LogP contribution in [0.15, 0.2) is 138 Å². The lowest BCUT2D eigenvalue weighted by Gasteiger charge is -2.53. The van der Waals surface area contributed by atoms with Gasteiger partial charge in [-0.3, -0.25) is 9.59 Å². The van der Waals surface area contributed by atoms with E-state index in [-0.39, 0.29) is 11.8 Å². The molecule has 4 atom stereocenters. The molecule has 1 aliphatic carbocycles. The predicted molar refractivity (Wildman–Crippen MR) is 204 cm³/mol. The van der Waals surface area contributed by atoms with Gasteiger partial charge in [0.2, 0.25) is 0 Å². The SMILES string of the molecule is Cc1ccc(CSc2ccc(Cc3ccc(Oc4ccc5c(c4)OC(=O)C4C6C(=O)Oc7cc(Oc8ccc(C)cc8)ccc7C6C54)cc3)cc2)cc1. The van der Waals surface area contributed by atoms with Crippen molar-refractivity contribution >= 4 is 23.7 Å². The minimum absolute atomic E-state index is 0.204. The summed E-state index contributed by atoms with van der Waals surface area (Å²) in [5.41, 5.74) is 7.95. The third-order valence-electron chi connectivity index (χ3n) is 10.5. The minimum Gasteiger partial charge on any atom is -0.457 e. The molecule has 9 rings (SSSR count). The summed E-state index contributed by atoms with van der Waals surface area (Å²) in [6, 6.07) is 44.5. The van der Waals surface area contributed by atoms with Crippen LogP contribution in [-0.2, 0) is 21.8 Å². The number of rotatable bonds is 9. The smallest absolute Gasteiger partial charge is 0.315 e. The maximum Gasteiger partial charge on any atom is 0.315 e. The number of ether oxygens (including phenoxy) is 4. The summed E-state index contributed by atoms with van der Waals surface area (Å²) in [4.78, 5) is 27.8. The quantitative estimate of drug-likeness (QED) is 0.0838. The molecule has 6 nitrogen and oxygen atoms in total. The average Bonchev–Trinajstić information content (AvgIpc) is 3.14. The van der Waals surface area contributed by atoms with Gasteiger partial charge < -0.3 is 18.9 Å². The van der Waals surface area contributed by atoms with Gasteiger partial charge in [0, 0.05) is 34.6 Å². The number of esters is 2. The van der Waals surface area contributed by atoms with Crippen LogP contribution in [0.2, 0.25) is 0 Å². The molecule has 262 valence electrons. The summed E-state index contributed by atoms with van der Waals surface area (Å²) in [7, 11) is 0. The molecular weight excluding hydrogens is 681 g/mol. The first-order chi connectivity index (χ1) is 25.8. The third kappa shape index (κ3) is 6.57. The van der Waals surface area contributed by atoms with Crippen molar-refractivity contribution < 1.29 is 28.5 Å². The Morgan fingerprint density at radius 3 is 1.42 bits per heavy atom. The topological polar surface area (TPSA) is 71.1 Å². The van der Waals surface area contributed by atoms with Gasteiger partial charge in [0.1, 0.15) is 34.5 Å². The number of thioether (sulfide) groups is 1. The van der Waals surface area contributed by atoms with Gasteiger partial charge in [-0.2, -0.15) is 0 Å². The number of aryl methyl sites for hydroxylation is 2. The molecule has 4 unspecified atom stereocenters. The maximum atomic E-state index is 13.3. The number of carbonyl (C=O) groups is 2. The van der Waals surface area contributed by atoms with Crippen LogP contribution in [0, 0.1) is 25.7 Å². The number of fused-ring (bicyclic) bond motifs is 8. The fraction of sp³-hybridized carbons (Fsp3) is 0.174. The van der Waals surface area contributed by atoms with E-state index >= 15 is 0 Å². The van der Waals surface area contributed by atoms with Crippen molar-refractivity contribution in [3.63, 3.8) is 0 Å². The van der Waals surface area contributed by atoms with Crippen LogP contribution in [0.3, 0.4) is 0 Å². The van der Waals surface area contributed by atoms with Gasteiger partial charge in [-0.1, -0.05) is 83.9 Å². The molecule has 1 saturated carbocycles. The van der Waals surface area contributed by atoms with Crippen LogP contribution in [0.1, 0.15) is 50.8 Å². The van der Waals surface area contributed by atoms with Crippen LogP contribution in [0.5, 0.6) is 34.5 Å². The van der Waals surface area contributed by atoms with E-state index in [0.717, 1.165) is 28.9 Å². The van der Waals surface area contributed by atoms with Crippen LogP contribution in [-0.4, -0.2) is 11.9 Å². The normalized spacial score (nSPS) is 19.4. The highest BCUT2D eigenvalue weighted by atomic mass is 32.2. The first-order valence-corrected chi connectivity index (χ1v) is 18.8. The van der Waals surface area contributed by atoms with E-state index in [9.17, 15) is 9.59 Å². The highest BCUT2D eigenvalue weighted by Crippen LogP contribution is 2.65. The minimum atomic E-state index is -0.593. The lowest BCUT2D eigenvalue weighted by molar-refractivity contribution is -0.165. The summed E-state index contributed by atoms with van der Waals surface area (Å²) < 4.78 is 23.8. The molecule has 7 heteroatoms. The third-order valence-corrected chi connectivity index (χ3v) is 11.6. The second kappa shape index (κ2) is 13.6. The van der Waals surface area contributed by atoms with Crippen LogP contribution in [0.4, 0.5) is 0 Å². The van der Waals surface area contributed by atoms with Gasteiger partial charge in [0.25, 0.3) is 0 Å². The monoisotopic (exact) mass is 716 g/mol. The number of benzene rings is 6. The number of carbonyl (C=O) groups excluding carboxylic acids is 2. The highest BCUT2D eigenvalue weighted by molar-refractivity contribution is 7.98. The summed E-state index contributed by atoms with van der Waals surface area (Å²) >= 11 is 1.85. The molecule has 1 fully saturated rings. The van der Waals surface area contributed by atoms with Crippen molar-refractivity contribution in [2.24, 2.45) is 11.8 Å². The second-order valence-electron chi connectivity index (χ2n) is 14.1. The summed E-state index contributed by atoms with van der Waals surface area (Å²) in [5, 5.41) is 0. The Balaban J connectivity index is 0.863. The van der Waals surface area contributed by atoms with Crippen molar-refractivity contribution in [3.8, 4) is 34.5 Å². The predicted octanol–water partition coefficient (Wildman–Crippen LogP) is 10.7. The molecular formula is C46H36O6S. The average molecular weight is 717 g/mol. The molecule has 0 aromatic heterocycles. The Morgan fingerprint density at radius 1 is 0.491 bits per heavy atom. The molecule has 2 heterocycles. The lowest BCUT2D eigenvalue weighted by Crippen LogP contribution is -2.57. The Labute approximate surface area is 312 Å². The van der Waals surface area contributed by atoms with Gasteiger partial charge in [-0.05, 0) is 96.6 Å². The molecule has 6 aromatic carbocycles. The molecule has 6 aromatic rings. The van der Waals surface area contributed by atoms with E-state index in [1.54, 1.807) is 12.1 Å². The van der Waals surface area contributed by atoms with Crippen molar-refractivity contribution in [2.45, 2.75) is 42.8 Å². The molecule has 0 amide bonds. The summed E-state index contributed by atoms with van der Waals surface area (Å²) in [6.45, 7) is 4.13. The van der Waals surface area contributed by atoms with E-state index in [1.165, 1.54) is 27.1 Å². The largest absolute Gasteiger partial charge is 0.457 e. The van der Waals surface area contributed by atoms with Gasteiger partial charge in [0.05, 0.1) is 11.8 Å². The van der Waals surface area contributed by atoms with E-state index in [0.29, 0.717) is 34.5 Å². The zero-order valence-corrected chi connectivity index (χ0v) is 30.1. The Bertz CT molecular complexity index is 2330. The van der Waals surface area contributed by atoms with E-state index in [1.807, 2.05) is 79.3 Å². The fourth-order valence-electron chi connectivity index (χ4n) is 7.69. The maximum absolute atomic E-state index is 13.3. The van der Waals surface area contributed by atoms with Crippen molar-refractivity contribution in [2.75, 3.05) is 0 Å². The van der Waals surface area contributed by atoms with Crippen molar-refractivity contribution in [1.82, 2.24) is 0 Å². The van der Waals surface area contributed by atoms with E-state index in [2.05, 4.69) is 67.6 Å².